The first kappa shape index (κ1) is 13.8. The van der Waals surface area contributed by atoms with Gasteiger partial charge in [0.15, 0.2) is 0 Å². The highest BCUT2D eigenvalue weighted by Crippen LogP contribution is 2.08. The average Bonchev–Trinajstić information content (AvgIpc) is 2.29. The Hall–Kier alpha value is -1.30. The molecule has 1 fully saturated rings. The van der Waals surface area contributed by atoms with Gasteiger partial charge in [-0.25, -0.2) is 9.59 Å². The molecule has 0 saturated carbocycles. The van der Waals surface area contributed by atoms with E-state index in [-0.39, 0.29) is 6.03 Å². The Bertz CT molecular complexity index is 288. The quantitative estimate of drug-likeness (QED) is 0.766. The number of rotatable bonds is 3. The molecule has 1 rings (SSSR count). The summed E-state index contributed by atoms with van der Waals surface area (Å²) >= 11 is 0. The number of carboxylic acid groups (broad SMARTS) is 1. The zero-order valence-corrected chi connectivity index (χ0v) is 10.7. The van der Waals surface area contributed by atoms with Gasteiger partial charge in [-0.05, 0) is 13.5 Å². The molecule has 1 unspecified atom stereocenters. The topological polar surface area (TPSA) is 64.1 Å². The highest BCUT2D eigenvalue weighted by Gasteiger charge is 2.29. The molecule has 1 heterocycles. The summed E-state index contributed by atoms with van der Waals surface area (Å²) in [5.41, 5.74) is 0. The number of likely N-dealkylation sites (N-methyl/N-ethyl adjacent to an activating group) is 2. The number of amides is 2. The van der Waals surface area contributed by atoms with Crippen molar-refractivity contribution in [2.75, 3.05) is 40.3 Å². The van der Waals surface area contributed by atoms with Crippen molar-refractivity contribution in [2.24, 2.45) is 0 Å². The summed E-state index contributed by atoms with van der Waals surface area (Å²) in [6, 6.07) is -0.922. The van der Waals surface area contributed by atoms with E-state index in [1.54, 1.807) is 18.9 Å². The number of carbonyl (C=O) groups is 2. The molecule has 1 atom stereocenters. The molecule has 0 aromatic heterocycles. The molecule has 1 aliphatic heterocycles. The summed E-state index contributed by atoms with van der Waals surface area (Å²) < 4.78 is 0. The maximum absolute atomic E-state index is 12.1. The molecule has 0 bridgehead atoms. The second-order valence-electron chi connectivity index (χ2n) is 4.45. The summed E-state index contributed by atoms with van der Waals surface area (Å²) in [6.45, 7) is 4.77. The van der Waals surface area contributed by atoms with Gasteiger partial charge in [0, 0.05) is 33.2 Å². The van der Waals surface area contributed by atoms with E-state index in [0.717, 1.165) is 13.1 Å². The van der Waals surface area contributed by atoms with Gasteiger partial charge in [0.2, 0.25) is 0 Å². The minimum Gasteiger partial charge on any atom is -0.480 e. The Morgan fingerprint density at radius 1 is 1.29 bits per heavy atom. The standard InChI is InChI=1S/C11H21N3O3/c1-4-9(10(15)16)13(3)11(17)14-7-5-12(2)6-8-14/h9H,4-8H2,1-3H3,(H,15,16). The lowest BCUT2D eigenvalue weighted by Gasteiger charge is -2.36. The number of piperazine rings is 1. The smallest absolute Gasteiger partial charge is 0.326 e. The number of hydrogen-bond acceptors (Lipinski definition) is 3. The first-order chi connectivity index (χ1) is 7.97. The average molecular weight is 243 g/mol. The van der Waals surface area contributed by atoms with Crippen LogP contribution in [0, 0.1) is 0 Å². The molecule has 6 nitrogen and oxygen atoms in total. The van der Waals surface area contributed by atoms with Crippen molar-refractivity contribution in [1.82, 2.24) is 14.7 Å². The number of urea groups is 1. The predicted molar refractivity (Wildman–Crippen MR) is 63.9 cm³/mol. The highest BCUT2D eigenvalue weighted by atomic mass is 16.4. The number of carbonyl (C=O) groups excluding carboxylic acids is 1. The second kappa shape index (κ2) is 5.86. The first-order valence-electron chi connectivity index (χ1n) is 5.90. The molecule has 1 aliphatic rings. The Morgan fingerprint density at radius 2 is 1.82 bits per heavy atom. The minimum atomic E-state index is -0.947. The van der Waals surface area contributed by atoms with Gasteiger partial charge < -0.3 is 19.8 Å². The lowest BCUT2D eigenvalue weighted by molar-refractivity contribution is -0.142. The predicted octanol–water partition coefficient (Wildman–Crippen LogP) is 0.149. The summed E-state index contributed by atoms with van der Waals surface area (Å²) in [4.78, 5) is 28.3. The molecule has 6 heteroatoms. The van der Waals surface area contributed by atoms with Crippen LogP contribution in [-0.2, 0) is 4.79 Å². The van der Waals surface area contributed by atoms with Crippen LogP contribution in [0.1, 0.15) is 13.3 Å². The first-order valence-corrected chi connectivity index (χ1v) is 5.90. The van der Waals surface area contributed by atoms with Crippen molar-refractivity contribution >= 4 is 12.0 Å². The van der Waals surface area contributed by atoms with Crippen molar-refractivity contribution in [3.63, 3.8) is 0 Å². The summed E-state index contributed by atoms with van der Waals surface area (Å²) in [5, 5.41) is 9.01. The largest absolute Gasteiger partial charge is 0.480 e. The van der Waals surface area contributed by atoms with Crippen molar-refractivity contribution < 1.29 is 14.7 Å². The number of hydrogen-bond donors (Lipinski definition) is 1. The monoisotopic (exact) mass is 243 g/mol. The highest BCUT2D eigenvalue weighted by molar-refractivity contribution is 5.82. The van der Waals surface area contributed by atoms with E-state index in [1.165, 1.54) is 4.90 Å². The van der Waals surface area contributed by atoms with Gasteiger partial charge in [0.25, 0.3) is 0 Å². The molecule has 1 saturated heterocycles. The van der Waals surface area contributed by atoms with Crippen LogP contribution in [0.15, 0.2) is 0 Å². The number of aliphatic carboxylic acids is 1. The van der Waals surface area contributed by atoms with Gasteiger partial charge >= 0.3 is 12.0 Å². The molecular formula is C11H21N3O3. The third kappa shape index (κ3) is 3.33. The Balaban J connectivity index is 2.59. The van der Waals surface area contributed by atoms with Crippen LogP contribution in [0.2, 0.25) is 0 Å². The summed E-state index contributed by atoms with van der Waals surface area (Å²) in [5.74, 6) is -0.947. The Labute approximate surface area is 102 Å². The van der Waals surface area contributed by atoms with E-state index in [2.05, 4.69) is 4.90 Å². The van der Waals surface area contributed by atoms with E-state index in [0.29, 0.717) is 19.5 Å². The van der Waals surface area contributed by atoms with Gasteiger partial charge in [-0.2, -0.15) is 0 Å². The fourth-order valence-corrected chi connectivity index (χ4v) is 1.97. The zero-order chi connectivity index (χ0) is 13.0. The molecule has 0 radical (unpaired) electrons. The summed E-state index contributed by atoms with van der Waals surface area (Å²) in [6.07, 6.45) is 0.422. The number of nitrogens with zero attached hydrogens (tertiary/aromatic N) is 3. The van der Waals surface area contributed by atoms with Crippen LogP contribution in [-0.4, -0.2) is 78.1 Å². The van der Waals surface area contributed by atoms with Crippen molar-refractivity contribution in [3.8, 4) is 0 Å². The van der Waals surface area contributed by atoms with E-state index in [9.17, 15) is 9.59 Å². The van der Waals surface area contributed by atoms with Crippen molar-refractivity contribution in [2.45, 2.75) is 19.4 Å². The van der Waals surface area contributed by atoms with Crippen LogP contribution in [0.5, 0.6) is 0 Å². The third-order valence-corrected chi connectivity index (χ3v) is 3.21. The van der Waals surface area contributed by atoms with Crippen LogP contribution < -0.4 is 0 Å². The van der Waals surface area contributed by atoms with Gasteiger partial charge in [0.1, 0.15) is 6.04 Å². The number of carboxylic acids is 1. The van der Waals surface area contributed by atoms with Crippen molar-refractivity contribution in [1.29, 1.82) is 0 Å². The molecule has 0 aromatic rings. The van der Waals surface area contributed by atoms with Crippen LogP contribution >= 0.6 is 0 Å². The fourth-order valence-electron chi connectivity index (χ4n) is 1.97. The van der Waals surface area contributed by atoms with E-state index < -0.39 is 12.0 Å². The molecule has 0 aliphatic carbocycles. The van der Waals surface area contributed by atoms with Gasteiger partial charge in [-0.15, -0.1) is 0 Å². The fraction of sp³-hybridized carbons (Fsp3) is 0.818. The van der Waals surface area contributed by atoms with Crippen LogP contribution in [0.25, 0.3) is 0 Å². The molecule has 98 valence electrons. The minimum absolute atomic E-state index is 0.188. The SMILES string of the molecule is CCC(C(=O)O)N(C)C(=O)N1CCN(C)CC1. The Kier molecular flexibility index (Phi) is 4.74. The Morgan fingerprint density at radius 3 is 2.24 bits per heavy atom. The van der Waals surface area contributed by atoms with Crippen molar-refractivity contribution in [3.05, 3.63) is 0 Å². The van der Waals surface area contributed by atoms with E-state index >= 15 is 0 Å². The summed E-state index contributed by atoms with van der Waals surface area (Å²) in [7, 11) is 3.57. The van der Waals surface area contributed by atoms with E-state index in [4.69, 9.17) is 5.11 Å². The lowest BCUT2D eigenvalue weighted by atomic mass is 10.2. The molecule has 17 heavy (non-hydrogen) atoms. The lowest BCUT2D eigenvalue weighted by Crippen LogP contribution is -2.54. The zero-order valence-electron chi connectivity index (χ0n) is 10.7. The van der Waals surface area contributed by atoms with Crippen LogP contribution in [0.4, 0.5) is 4.79 Å². The molecule has 1 N–H and O–H groups in total. The van der Waals surface area contributed by atoms with E-state index in [1.807, 2.05) is 7.05 Å². The molecular weight excluding hydrogens is 222 g/mol. The maximum Gasteiger partial charge on any atom is 0.326 e. The van der Waals surface area contributed by atoms with Gasteiger partial charge in [0.05, 0.1) is 0 Å². The molecule has 0 spiro atoms. The second-order valence-corrected chi connectivity index (χ2v) is 4.45. The third-order valence-electron chi connectivity index (χ3n) is 3.21. The van der Waals surface area contributed by atoms with Gasteiger partial charge in [-0.1, -0.05) is 6.92 Å². The van der Waals surface area contributed by atoms with Crippen LogP contribution in [0.3, 0.4) is 0 Å². The molecule has 0 aromatic carbocycles. The maximum atomic E-state index is 12.1. The van der Waals surface area contributed by atoms with Gasteiger partial charge in [-0.3, -0.25) is 0 Å². The molecule has 2 amide bonds. The normalized spacial score (nSPS) is 18.9.